The van der Waals surface area contributed by atoms with E-state index in [1.807, 2.05) is 0 Å². The molecule has 0 radical (unpaired) electrons. The fourth-order valence-corrected chi connectivity index (χ4v) is 3.44. The third-order valence-electron chi connectivity index (χ3n) is 5.04. The molecular weight excluding hydrogens is 405 g/mol. The van der Waals surface area contributed by atoms with E-state index in [1.165, 1.54) is 11.1 Å². The van der Waals surface area contributed by atoms with Crippen molar-refractivity contribution < 1.29 is 23.5 Å². The van der Waals surface area contributed by atoms with E-state index in [0.717, 1.165) is 12.8 Å². The lowest BCUT2D eigenvalue weighted by molar-refractivity contribution is -0.131. The highest BCUT2D eigenvalue weighted by Crippen LogP contribution is 2.23. The van der Waals surface area contributed by atoms with Crippen molar-refractivity contribution in [2.45, 2.75) is 31.6 Å². The van der Waals surface area contributed by atoms with Crippen LogP contribution in [0.25, 0.3) is 10.9 Å². The zero-order chi connectivity index (χ0) is 22.2. The minimum Gasteiger partial charge on any atom is -0.494 e. The number of alkyl halides is 1. The van der Waals surface area contributed by atoms with Gasteiger partial charge in [0, 0.05) is 24.5 Å². The highest BCUT2D eigenvalue weighted by atomic mass is 19.1. The SMILES string of the molecule is NC1CC(F)CN1C(=O)CNC(=O)c1ccnc2ccc(OCCCCNC=O)cc12. The number of benzene rings is 1. The minimum atomic E-state index is -1.14. The van der Waals surface area contributed by atoms with Crippen molar-refractivity contribution in [1.82, 2.24) is 20.5 Å². The van der Waals surface area contributed by atoms with Crippen LogP contribution < -0.4 is 21.1 Å². The number of carbonyl (C=O) groups excluding carboxylic acids is 3. The average Bonchev–Trinajstić information content (AvgIpc) is 3.11. The van der Waals surface area contributed by atoms with Gasteiger partial charge in [0.05, 0.1) is 36.9 Å². The van der Waals surface area contributed by atoms with Gasteiger partial charge in [-0.1, -0.05) is 0 Å². The van der Waals surface area contributed by atoms with Gasteiger partial charge in [0.15, 0.2) is 0 Å². The van der Waals surface area contributed by atoms with E-state index in [1.54, 1.807) is 24.3 Å². The Hall–Kier alpha value is -3.27. The summed E-state index contributed by atoms with van der Waals surface area (Å²) in [4.78, 5) is 40.7. The van der Waals surface area contributed by atoms with Crippen molar-refractivity contribution in [1.29, 1.82) is 0 Å². The number of hydrogen-bond donors (Lipinski definition) is 3. The first-order valence-corrected chi connectivity index (χ1v) is 10.2. The Morgan fingerprint density at radius 1 is 1.32 bits per heavy atom. The molecule has 4 N–H and O–H groups in total. The number of ether oxygens (including phenoxy) is 1. The molecule has 166 valence electrons. The van der Waals surface area contributed by atoms with Crippen molar-refractivity contribution in [2.24, 2.45) is 5.73 Å². The first-order valence-electron chi connectivity index (χ1n) is 10.2. The molecule has 3 rings (SSSR count). The Kier molecular flexibility index (Phi) is 7.71. The van der Waals surface area contributed by atoms with Gasteiger partial charge < -0.3 is 26.0 Å². The van der Waals surface area contributed by atoms with Crippen LogP contribution >= 0.6 is 0 Å². The molecule has 0 spiro atoms. The Labute approximate surface area is 179 Å². The van der Waals surface area contributed by atoms with E-state index in [0.29, 0.717) is 41.8 Å². The number of nitrogens with two attached hydrogens (primary N) is 1. The number of nitrogens with one attached hydrogen (secondary N) is 2. The lowest BCUT2D eigenvalue weighted by Gasteiger charge is -2.21. The molecule has 9 nitrogen and oxygen atoms in total. The summed E-state index contributed by atoms with van der Waals surface area (Å²) in [7, 11) is 0. The van der Waals surface area contributed by atoms with Crippen LogP contribution in [0, 0.1) is 0 Å². The van der Waals surface area contributed by atoms with Gasteiger partial charge in [0.25, 0.3) is 5.91 Å². The van der Waals surface area contributed by atoms with Crippen molar-refractivity contribution in [3.63, 3.8) is 0 Å². The summed E-state index contributed by atoms with van der Waals surface area (Å²) in [5.41, 5.74) is 6.73. The van der Waals surface area contributed by atoms with Gasteiger partial charge in [-0.05, 0) is 37.1 Å². The van der Waals surface area contributed by atoms with Crippen LogP contribution in [-0.4, -0.2) is 66.7 Å². The highest BCUT2D eigenvalue weighted by Gasteiger charge is 2.32. The standard InChI is InChI=1S/C21H26FN5O4/c22-14-9-19(23)27(12-14)20(29)11-26-21(30)16-5-7-25-18-4-3-15(10-17(16)18)31-8-2-1-6-24-13-28/h3-5,7,10,13-14,19H,1-2,6,8-9,11-12,23H2,(H,24,28)(H,26,30). The maximum atomic E-state index is 13.4. The smallest absolute Gasteiger partial charge is 0.252 e. The Morgan fingerprint density at radius 2 is 2.16 bits per heavy atom. The quantitative estimate of drug-likeness (QED) is 0.376. The zero-order valence-electron chi connectivity index (χ0n) is 17.1. The van der Waals surface area contributed by atoms with Crippen molar-refractivity contribution in [3.8, 4) is 5.75 Å². The number of hydrogen-bond acceptors (Lipinski definition) is 6. The highest BCUT2D eigenvalue weighted by molar-refractivity contribution is 6.07. The van der Waals surface area contributed by atoms with Crippen LogP contribution in [0.5, 0.6) is 5.75 Å². The molecule has 1 aromatic carbocycles. The molecular formula is C21H26FN5O4. The molecule has 0 bridgehead atoms. The van der Waals surface area contributed by atoms with Crippen molar-refractivity contribution in [2.75, 3.05) is 26.2 Å². The molecule has 0 aliphatic carbocycles. The Morgan fingerprint density at radius 3 is 2.90 bits per heavy atom. The number of pyridine rings is 1. The minimum absolute atomic E-state index is 0.0556. The number of rotatable bonds is 10. The third-order valence-corrected chi connectivity index (χ3v) is 5.04. The molecule has 1 fully saturated rings. The van der Waals surface area contributed by atoms with Gasteiger partial charge in [-0.2, -0.15) is 0 Å². The van der Waals surface area contributed by atoms with E-state index >= 15 is 0 Å². The predicted octanol–water partition coefficient (Wildman–Crippen LogP) is 0.725. The fraction of sp³-hybridized carbons (Fsp3) is 0.429. The second-order valence-electron chi connectivity index (χ2n) is 7.29. The first-order chi connectivity index (χ1) is 15.0. The van der Waals surface area contributed by atoms with Gasteiger partial charge >= 0.3 is 0 Å². The molecule has 2 atom stereocenters. The van der Waals surface area contributed by atoms with Gasteiger partial charge in [-0.3, -0.25) is 19.4 Å². The van der Waals surface area contributed by atoms with Crippen LogP contribution in [0.15, 0.2) is 30.5 Å². The zero-order valence-corrected chi connectivity index (χ0v) is 17.1. The van der Waals surface area contributed by atoms with E-state index in [-0.39, 0.29) is 19.5 Å². The molecule has 1 aromatic heterocycles. The number of nitrogens with zero attached hydrogens (tertiary/aromatic N) is 2. The molecule has 1 aliphatic heterocycles. The molecule has 3 amide bonds. The van der Waals surface area contributed by atoms with Crippen LogP contribution in [0.3, 0.4) is 0 Å². The fourth-order valence-electron chi connectivity index (χ4n) is 3.44. The summed E-state index contributed by atoms with van der Waals surface area (Å²) in [6, 6.07) is 6.82. The van der Waals surface area contributed by atoms with Gasteiger partial charge in [-0.15, -0.1) is 0 Å². The molecule has 0 saturated carbocycles. The summed E-state index contributed by atoms with van der Waals surface area (Å²) in [6.45, 7) is 0.730. The van der Waals surface area contributed by atoms with Crippen LogP contribution in [0.4, 0.5) is 4.39 Å². The second-order valence-corrected chi connectivity index (χ2v) is 7.29. The molecule has 1 saturated heterocycles. The summed E-state index contributed by atoms with van der Waals surface area (Å²) < 4.78 is 19.2. The van der Waals surface area contributed by atoms with E-state index in [2.05, 4.69) is 15.6 Å². The Balaban J connectivity index is 1.61. The molecule has 2 aromatic rings. The topological polar surface area (TPSA) is 127 Å². The summed E-state index contributed by atoms with van der Waals surface area (Å²) in [5.74, 6) is -0.277. The van der Waals surface area contributed by atoms with Gasteiger partial charge in [0.2, 0.25) is 12.3 Å². The third kappa shape index (κ3) is 5.88. The lowest BCUT2D eigenvalue weighted by Crippen LogP contribution is -2.46. The molecule has 31 heavy (non-hydrogen) atoms. The number of halogens is 1. The Bertz CT molecular complexity index is 941. The van der Waals surface area contributed by atoms with Crippen molar-refractivity contribution in [3.05, 3.63) is 36.0 Å². The molecule has 2 unspecified atom stereocenters. The van der Waals surface area contributed by atoms with Crippen LogP contribution in [-0.2, 0) is 9.59 Å². The van der Waals surface area contributed by atoms with E-state index in [9.17, 15) is 18.8 Å². The maximum absolute atomic E-state index is 13.4. The predicted molar refractivity (Wildman–Crippen MR) is 112 cm³/mol. The molecule has 10 heteroatoms. The lowest BCUT2D eigenvalue weighted by atomic mass is 10.1. The molecule has 1 aliphatic rings. The number of unbranched alkanes of at least 4 members (excludes halogenated alkanes) is 1. The maximum Gasteiger partial charge on any atom is 0.252 e. The number of carbonyl (C=O) groups is 3. The van der Waals surface area contributed by atoms with Crippen molar-refractivity contribution >= 4 is 29.1 Å². The number of aromatic nitrogens is 1. The molecule has 2 heterocycles. The first kappa shape index (κ1) is 22.4. The normalized spacial score (nSPS) is 18.1. The summed E-state index contributed by atoms with van der Waals surface area (Å²) in [5, 5.41) is 5.77. The van der Waals surface area contributed by atoms with E-state index in [4.69, 9.17) is 10.5 Å². The number of amides is 3. The van der Waals surface area contributed by atoms with Crippen LogP contribution in [0.1, 0.15) is 29.6 Å². The monoisotopic (exact) mass is 431 g/mol. The second kappa shape index (κ2) is 10.7. The van der Waals surface area contributed by atoms with Crippen LogP contribution in [0.2, 0.25) is 0 Å². The number of likely N-dealkylation sites (tertiary alicyclic amines) is 1. The van der Waals surface area contributed by atoms with Gasteiger partial charge in [-0.25, -0.2) is 4.39 Å². The number of fused-ring (bicyclic) bond motifs is 1. The summed E-state index contributed by atoms with van der Waals surface area (Å²) in [6.07, 6.45) is 2.02. The van der Waals surface area contributed by atoms with Gasteiger partial charge in [0.1, 0.15) is 11.9 Å². The largest absolute Gasteiger partial charge is 0.494 e. The van der Waals surface area contributed by atoms with E-state index < -0.39 is 24.2 Å². The average molecular weight is 431 g/mol. The summed E-state index contributed by atoms with van der Waals surface area (Å²) >= 11 is 0.